The van der Waals surface area contributed by atoms with Gasteiger partial charge in [0.15, 0.2) is 0 Å². The van der Waals surface area contributed by atoms with Gasteiger partial charge in [0.25, 0.3) is 0 Å². The summed E-state index contributed by atoms with van der Waals surface area (Å²) in [5, 5.41) is 7.00. The predicted molar refractivity (Wildman–Crippen MR) is 55.5 cm³/mol. The van der Waals surface area contributed by atoms with Crippen molar-refractivity contribution in [1.29, 1.82) is 0 Å². The van der Waals surface area contributed by atoms with Gasteiger partial charge in [-0.25, -0.2) is 0 Å². The van der Waals surface area contributed by atoms with E-state index in [1.165, 1.54) is 38.6 Å². The summed E-state index contributed by atoms with van der Waals surface area (Å²) < 4.78 is 0. The molecular formula is C10H25NO. The van der Waals surface area contributed by atoms with Crippen LogP contribution in [-0.2, 0) is 0 Å². The van der Waals surface area contributed by atoms with E-state index in [1.807, 2.05) is 0 Å². The van der Waals surface area contributed by atoms with Gasteiger partial charge < -0.3 is 10.0 Å². The SMILES string of the molecule is CCCCCCCN(C)C.CO. The van der Waals surface area contributed by atoms with Crippen LogP contribution in [0.15, 0.2) is 0 Å². The molecule has 0 aromatic carbocycles. The highest BCUT2D eigenvalue weighted by molar-refractivity contribution is 4.45. The molecule has 0 aliphatic rings. The number of hydrogen-bond donors (Lipinski definition) is 1. The smallest absolute Gasteiger partial charge is 0.0319 e. The molecule has 76 valence electrons. The lowest BCUT2D eigenvalue weighted by Crippen LogP contribution is -2.12. The summed E-state index contributed by atoms with van der Waals surface area (Å²) >= 11 is 0. The molecule has 0 atom stereocenters. The van der Waals surface area contributed by atoms with Crippen LogP contribution in [0.3, 0.4) is 0 Å². The van der Waals surface area contributed by atoms with Gasteiger partial charge in [-0.3, -0.25) is 0 Å². The van der Waals surface area contributed by atoms with E-state index in [2.05, 4.69) is 25.9 Å². The van der Waals surface area contributed by atoms with Crippen LogP contribution in [0.25, 0.3) is 0 Å². The largest absolute Gasteiger partial charge is 0.400 e. The van der Waals surface area contributed by atoms with Gasteiger partial charge >= 0.3 is 0 Å². The normalized spacial score (nSPS) is 9.50. The third kappa shape index (κ3) is 16.5. The van der Waals surface area contributed by atoms with Crippen molar-refractivity contribution in [2.45, 2.75) is 39.0 Å². The molecule has 0 bridgehead atoms. The standard InChI is InChI=1S/C9H21N.CH4O/c1-4-5-6-7-8-9-10(2)3;1-2/h4-9H2,1-3H3;2H,1H3. The molecule has 0 aliphatic carbocycles. The third-order valence-corrected chi connectivity index (χ3v) is 1.71. The Morgan fingerprint density at radius 2 is 1.42 bits per heavy atom. The molecule has 0 aliphatic heterocycles. The predicted octanol–water partition coefficient (Wildman–Crippen LogP) is 2.13. The van der Waals surface area contributed by atoms with Gasteiger partial charge in [-0.2, -0.15) is 0 Å². The van der Waals surface area contributed by atoms with E-state index in [-0.39, 0.29) is 0 Å². The van der Waals surface area contributed by atoms with Crippen LogP contribution in [-0.4, -0.2) is 37.8 Å². The zero-order valence-corrected chi connectivity index (χ0v) is 9.14. The van der Waals surface area contributed by atoms with E-state index in [0.29, 0.717) is 0 Å². The van der Waals surface area contributed by atoms with E-state index in [1.54, 1.807) is 0 Å². The highest BCUT2D eigenvalue weighted by atomic mass is 16.2. The molecule has 0 unspecified atom stereocenters. The minimum atomic E-state index is 1.00. The average Bonchev–Trinajstić information content (AvgIpc) is 2.07. The molecule has 0 aromatic heterocycles. The van der Waals surface area contributed by atoms with Crippen LogP contribution in [0.2, 0.25) is 0 Å². The van der Waals surface area contributed by atoms with Crippen LogP contribution < -0.4 is 0 Å². The summed E-state index contributed by atoms with van der Waals surface area (Å²) in [5.41, 5.74) is 0. The van der Waals surface area contributed by atoms with Crippen molar-refractivity contribution in [2.24, 2.45) is 0 Å². The van der Waals surface area contributed by atoms with Crippen LogP contribution in [0.4, 0.5) is 0 Å². The molecule has 0 aromatic rings. The second-order valence-corrected chi connectivity index (χ2v) is 3.22. The molecule has 0 radical (unpaired) electrons. The van der Waals surface area contributed by atoms with Crippen molar-refractivity contribution in [1.82, 2.24) is 4.90 Å². The van der Waals surface area contributed by atoms with Gasteiger partial charge in [-0.15, -0.1) is 0 Å². The third-order valence-electron chi connectivity index (χ3n) is 1.71. The molecule has 0 heterocycles. The Morgan fingerprint density at radius 1 is 0.917 bits per heavy atom. The lowest BCUT2D eigenvalue weighted by atomic mass is 10.1. The van der Waals surface area contributed by atoms with E-state index in [9.17, 15) is 0 Å². The summed E-state index contributed by atoms with van der Waals surface area (Å²) in [7, 11) is 5.28. The first kappa shape index (κ1) is 14.4. The quantitative estimate of drug-likeness (QED) is 0.625. The molecule has 0 rings (SSSR count). The summed E-state index contributed by atoms with van der Waals surface area (Å²) in [6, 6.07) is 0. The van der Waals surface area contributed by atoms with Gasteiger partial charge in [0.1, 0.15) is 0 Å². The zero-order valence-electron chi connectivity index (χ0n) is 9.14. The molecule has 1 N–H and O–H groups in total. The molecule has 0 saturated heterocycles. The number of aliphatic hydroxyl groups excluding tert-OH is 1. The van der Waals surface area contributed by atoms with Gasteiger partial charge in [0.2, 0.25) is 0 Å². The Bertz CT molecular complexity index is 64.9. The monoisotopic (exact) mass is 175 g/mol. The summed E-state index contributed by atoms with van der Waals surface area (Å²) in [5.74, 6) is 0. The van der Waals surface area contributed by atoms with Crippen LogP contribution in [0.1, 0.15) is 39.0 Å². The Morgan fingerprint density at radius 3 is 1.83 bits per heavy atom. The van der Waals surface area contributed by atoms with Gasteiger partial charge in [-0.1, -0.05) is 32.6 Å². The second-order valence-electron chi connectivity index (χ2n) is 3.22. The van der Waals surface area contributed by atoms with Crippen molar-refractivity contribution in [3.05, 3.63) is 0 Å². The first-order chi connectivity index (χ1) is 5.77. The topological polar surface area (TPSA) is 23.5 Å². The first-order valence-electron chi connectivity index (χ1n) is 4.86. The van der Waals surface area contributed by atoms with Crippen molar-refractivity contribution >= 4 is 0 Å². The van der Waals surface area contributed by atoms with Crippen LogP contribution in [0.5, 0.6) is 0 Å². The van der Waals surface area contributed by atoms with Crippen LogP contribution in [0, 0.1) is 0 Å². The Balaban J connectivity index is 0. The molecule has 12 heavy (non-hydrogen) atoms. The Hall–Kier alpha value is -0.0800. The van der Waals surface area contributed by atoms with E-state index < -0.39 is 0 Å². The van der Waals surface area contributed by atoms with Crippen molar-refractivity contribution < 1.29 is 5.11 Å². The molecule has 2 nitrogen and oxygen atoms in total. The zero-order chi connectivity index (χ0) is 9.82. The second kappa shape index (κ2) is 13.5. The maximum absolute atomic E-state index is 7.00. The number of rotatable bonds is 6. The van der Waals surface area contributed by atoms with Gasteiger partial charge in [-0.05, 0) is 27.1 Å². The first-order valence-corrected chi connectivity index (χ1v) is 4.86. The molecular weight excluding hydrogens is 150 g/mol. The Kier molecular flexibility index (Phi) is 16.3. The minimum Gasteiger partial charge on any atom is -0.400 e. The summed E-state index contributed by atoms with van der Waals surface area (Å²) in [6.45, 7) is 3.51. The van der Waals surface area contributed by atoms with E-state index in [4.69, 9.17) is 5.11 Å². The van der Waals surface area contributed by atoms with Crippen molar-refractivity contribution in [3.63, 3.8) is 0 Å². The lowest BCUT2D eigenvalue weighted by molar-refractivity contribution is 0.390. The Labute approximate surface area is 77.6 Å². The highest BCUT2D eigenvalue weighted by Gasteiger charge is 1.89. The van der Waals surface area contributed by atoms with Crippen molar-refractivity contribution in [2.75, 3.05) is 27.7 Å². The van der Waals surface area contributed by atoms with Crippen LogP contribution >= 0.6 is 0 Å². The minimum absolute atomic E-state index is 1.00. The highest BCUT2D eigenvalue weighted by Crippen LogP contribution is 2.01. The molecule has 0 saturated carbocycles. The number of hydrogen-bond acceptors (Lipinski definition) is 2. The number of aliphatic hydroxyl groups is 1. The summed E-state index contributed by atoms with van der Waals surface area (Å²) in [4.78, 5) is 2.26. The van der Waals surface area contributed by atoms with E-state index in [0.717, 1.165) is 7.11 Å². The molecule has 0 spiro atoms. The fourth-order valence-electron chi connectivity index (χ4n) is 1.03. The summed E-state index contributed by atoms with van der Waals surface area (Å²) in [6.07, 6.45) is 6.96. The molecule has 2 heteroatoms. The fourth-order valence-corrected chi connectivity index (χ4v) is 1.03. The van der Waals surface area contributed by atoms with Gasteiger partial charge in [0, 0.05) is 7.11 Å². The number of unbranched alkanes of at least 4 members (excludes halogenated alkanes) is 4. The lowest BCUT2D eigenvalue weighted by Gasteiger charge is -2.07. The number of nitrogens with zero attached hydrogens (tertiary/aromatic N) is 1. The maximum Gasteiger partial charge on any atom is 0.0319 e. The van der Waals surface area contributed by atoms with Gasteiger partial charge in [0.05, 0.1) is 0 Å². The fraction of sp³-hybridized carbons (Fsp3) is 1.00. The average molecular weight is 175 g/mol. The molecule has 0 fully saturated rings. The van der Waals surface area contributed by atoms with Crippen molar-refractivity contribution in [3.8, 4) is 0 Å². The maximum atomic E-state index is 7.00. The van der Waals surface area contributed by atoms with E-state index >= 15 is 0 Å². The molecule has 0 amide bonds.